The third kappa shape index (κ3) is 5.10. The molecule has 0 aromatic heterocycles. The SMILES string of the molecule is NCCNC(=O)C1CCCN(C(=O)c2ccccc2COc2ccccc2)C1. The number of para-hydroxylation sites is 1. The summed E-state index contributed by atoms with van der Waals surface area (Å²) in [7, 11) is 0. The lowest BCUT2D eigenvalue weighted by molar-refractivity contribution is -0.126. The number of hydrogen-bond donors (Lipinski definition) is 2. The fourth-order valence-corrected chi connectivity index (χ4v) is 3.42. The zero-order valence-corrected chi connectivity index (χ0v) is 16.0. The molecule has 1 unspecified atom stereocenters. The Balaban J connectivity index is 1.67. The minimum atomic E-state index is -0.183. The van der Waals surface area contributed by atoms with E-state index in [9.17, 15) is 9.59 Å². The second-order valence-corrected chi connectivity index (χ2v) is 6.93. The molecule has 0 radical (unpaired) electrons. The Bertz CT molecular complexity index is 795. The van der Waals surface area contributed by atoms with Crippen LogP contribution in [0.2, 0.25) is 0 Å². The first-order valence-electron chi connectivity index (χ1n) is 9.72. The van der Waals surface area contributed by atoms with Crippen molar-refractivity contribution in [3.05, 3.63) is 65.7 Å². The molecule has 0 spiro atoms. The number of piperidine rings is 1. The number of carbonyl (C=O) groups excluding carboxylic acids is 2. The van der Waals surface area contributed by atoms with Crippen LogP contribution < -0.4 is 15.8 Å². The normalized spacial score (nSPS) is 16.5. The minimum absolute atomic E-state index is 0.0244. The van der Waals surface area contributed by atoms with E-state index in [2.05, 4.69) is 5.32 Å². The number of amides is 2. The smallest absolute Gasteiger partial charge is 0.254 e. The van der Waals surface area contributed by atoms with E-state index in [-0.39, 0.29) is 17.7 Å². The molecule has 6 nitrogen and oxygen atoms in total. The van der Waals surface area contributed by atoms with Crippen LogP contribution in [0.5, 0.6) is 5.75 Å². The van der Waals surface area contributed by atoms with Crippen LogP contribution in [0.4, 0.5) is 0 Å². The van der Waals surface area contributed by atoms with Gasteiger partial charge in [-0.15, -0.1) is 0 Å². The van der Waals surface area contributed by atoms with Gasteiger partial charge in [-0.2, -0.15) is 0 Å². The molecule has 1 atom stereocenters. The Kier molecular flexibility index (Phi) is 7.03. The molecule has 1 saturated heterocycles. The Morgan fingerprint density at radius 2 is 1.86 bits per heavy atom. The quantitative estimate of drug-likeness (QED) is 0.770. The number of rotatable bonds is 7. The van der Waals surface area contributed by atoms with Crippen molar-refractivity contribution in [1.29, 1.82) is 0 Å². The van der Waals surface area contributed by atoms with Crippen molar-refractivity contribution >= 4 is 11.8 Å². The maximum Gasteiger partial charge on any atom is 0.254 e. The van der Waals surface area contributed by atoms with E-state index in [4.69, 9.17) is 10.5 Å². The van der Waals surface area contributed by atoms with Crippen molar-refractivity contribution in [2.45, 2.75) is 19.4 Å². The Hall–Kier alpha value is -2.86. The number of nitrogens with zero attached hydrogens (tertiary/aromatic N) is 1. The zero-order valence-electron chi connectivity index (χ0n) is 16.0. The van der Waals surface area contributed by atoms with Gasteiger partial charge in [-0.05, 0) is 31.0 Å². The molecule has 0 aliphatic carbocycles. The van der Waals surface area contributed by atoms with Gasteiger partial charge in [0.25, 0.3) is 5.91 Å². The van der Waals surface area contributed by atoms with Gasteiger partial charge in [-0.1, -0.05) is 36.4 Å². The number of ether oxygens (including phenoxy) is 1. The molecule has 2 amide bonds. The lowest BCUT2D eigenvalue weighted by Gasteiger charge is -2.32. The van der Waals surface area contributed by atoms with Crippen LogP contribution in [0.25, 0.3) is 0 Å². The highest BCUT2D eigenvalue weighted by Gasteiger charge is 2.29. The summed E-state index contributed by atoms with van der Waals surface area (Å²) in [4.78, 5) is 27.2. The fraction of sp³-hybridized carbons (Fsp3) is 0.364. The van der Waals surface area contributed by atoms with E-state index in [1.165, 1.54) is 0 Å². The summed E-state index contributed by atoms with van der Waals surface area (Å²) >= 11 is 0. The topological polar surface area (TPSA) is 84.7 Å². The van der Waals surface area contributed by atoms with Gasteiger partial charge in [0.2, 0.25) is 5.91 Å². The van der Waals surface area contributed by atoms with Gasteiger partial charge in [0.05, 0.1) is 5.92 Å². The summed E-state index contributed by atoms with van der Waals surface area (Å²) in [6, 6.07) is 17.0. The van der Waals surface area contributed by atoms with Crippen molar-refractivity contribution in [3.63, 3.8) is 0 Å². The van der Waals surface area contributed by atoms with Gasteiger partial charge in [0.1, 0.15) is 12.4 Å². The molecular weight excluding hydrogens is 354 g/mol. The zero-order chi connectivity index (χ0) is 19.8. The molecule has 1 fully saturated rings. The van der Waals surface area contributed by atoms with Crippen molar-refractivity contribution in [2.75, 3.05) is 26.2 Å². The van der Waals surface area contributed by atoms with Crippen LogP contribution in [0.3, 0.4) is 0 Å². The second-order valence-electron chi connectivity index (χ2n) is 6.93. The summed E-state index contributed by atoms with van der Waals surface area (Å²) in [5, 5.41) is 2.83. The van der Waals surface area contributed by atoms with Crippen LogP contribution in [0.1, 0.15) is 28.8 Å². The standard InChI is InChI=1S/C22H27N3O3/c23-12-13-24-21(26)17-8-6-14-25(15-17)22(27)20-11-5-4-7-18(20)16-28-19-9-2-1-3-10-19/h1-5,7,9-11,17H,6,8,12-16,23H2,(H,24,26). The van der Waals surface area contributed by atoms with E-state index in [0.717, 1.165) is 24.2 Å². The predicted molar refractivity (Wildman–Crippen MR) is 108 cm³/mol. The van der Waals surface area contributed by atoms with E-state index in [1.807, 2.05) is 54.6 Å². The van der Waals surface area contributed by atoms with Crippen LogP contribution in [0, 0.1) is 5.92 Å². The monoisotopic (exact) mass is 381 g/mol. The largest absolute Gasteiger partial charge is 0.489 e. The lowest BCUT2D eigenvalue weighted by Crippen LogP contribution is -2.46. The first-order chi connectivity index (χ1) is 13.7. The average Bonchev–Trinajstić information content (AvgIpc) is 2.76. The van der Waals surface area contributed by atoms with Gasteiger partial charge in [-0.3, -0.25) is 9.59 Å². The molecule has 1 aliphatic rings. The molecule has 3 rings (SSSR count). The molecule has 1 aliphatic heterocycles. The van der Waals surface area contributed by atoms with E-state index in [0.29, 0.717) is 38.3 Å². The van der Waals surface area contributed by atoms with Gasteiger partial charge in [-0.25, -0.2) is 0 Å². The lowest BCUT2D eigenvalue weighted by atomic mass is 9.96. The van der Waals surface area contributed by atoms with Crippen molar-refractivity contribution in [3.8, 4) is 5.75 Å². The highest BCUT2D eigenvalue weighted by molar-refractivity contribution is 5.96. The maximum absolute atomic E-state index is 13.1. The van der Waals surface area contributed by atoms with Crippen LogP contribution in [0.15, 0.2) is 54.6 Å². The molecule has 0 saturated carbocycles. The molecular formula is C22H27N3O3. The van der Waals surface area contributed by atoms with E-state index >= 15 is 0 Å². The number of carbonyl (C=O) groups is 2. The summed E-state index contributed by atoms with van der Waals surface area (Å²) in [5.74, 6) is 0.503. The second kappa shape index (κ2) is 9.90. The van der Waals surface area contributed by atoms with Gasteiger partial charge in [0.15, 0.2) is 0 Å². The Morgan fingerprint density at radius 3 is 2.64 bits per heavy atom. The first-order valence-corrected chi connectivity index (χ1v) is 9.72. The highest BCUT2D eigenvalue weighted by Crippen LogP contribution is 2.21. The van der Waals surface area contributed by atoms with Crippen LogP contribution in [-0.2, 0) is 11.4 Å². The Morgan fingerprint density at radius 1 is 1.11 bits per heavy atom. The van der Waals surface area contributed by atoms with Gasteiger partial charge < -0.3 is 20.7 Å². The Labute approximate surface area is 165 Å². The van der Waals surface area contributed by atoms with E-state index in [1.54, 1.807) is 4.90 Å². The number of likely N-dealkylation sites (tertiary alicyclic amines) is 1. The summed E-state index contributed by atoms with van der Waals surface area (Å²) < 4.78 is 5.83. The summed E-state index contributed by atoms with van der Waals surface area (Å²) in [5.41, 5.74) is 6.92. The molecule has 1 heterocycles. The fourth-order valence-electron chi connectivity index (χ4n) is 3.42. The average molecular weight is 381 g/mol. The molecule has 6 heteroatoms. The number of nitrogens with two attached hydrogens (primary N) is 1. The highest BCUT2D eigenvalue weighted by atomic mass is 16.5. The third-order valence-corrected chi connectivity index (χ3v) is 4.91. The first kappa shape index (κ1) is 19.9. The van der Waals surface area contributed by atoms with Gasteiger partial charge >= 0.3 is 0 Å². The number of hydrogen-bond acceptors (Lipinski definition) is 4. The molecule has 0 bridgehead atoms. The molecule has 3 N–H and O–H groups in total. The van der Waals surface area contributed by atoms with Crippen molar-refractivity contribution in [1.82, 2.24) is 10.2 Å². The van der Waals surface area contributed by atoms with E-state index < -0.39 is 0 Å². The molecule has 28 heavy (non-hydrogen) atoms. The van der Waals surface area contributed by atoms with Gasteiger partial charge in [0, 0.05) is 37.3 Å². The van der Waals surface area contributed by atoms with Crippen molar-refractivity contribution < 1.29 is 14.3 Å². The number of benzene rings is 2. The predicted octanol–water partition coefficient (Wildman–Crippen LogP) is 2.19. The molecule has 2 aromatic rings. The summed E-state index contributed by atoms with van der Waals surface area (Å²) in [6.07, 6.45) is 1.61. The van der Waals surface area contributed by atoms with Crippen LogP contribution in [-0.4, -0.2) is 42.9 Å². The van der Waals surface area contributed by atoms with Crippen molar-refractivity contribution in [2.24, 2.45) is 11.7 Å². The number of nitrogens with one attached hydrogen (secondary N) is 1. The molecule has 2 aromatic carbocycles. The summed E-state index contributed by atoms with van der Waals surface area (Å²) in [6.45, 7) is 2.29. The third-order valence-electron chi connectivity index (χ3n) is 4.91. The van der Waals surface area contributed by atoms with Crippen LogP contribution >= 0.6 is 0 Å². The maximum atomic E-state index is 13.1. The molecule has 148 valence electrons. The minimum Gasteiger partial charge on any atom is -0.489 e.